The first-order chi connectivity index (χ1) is 5.36. The van der Waals surface area contributed by atoms with Crippen molar-refractivity contribution in [3.8, 4) is 0 Å². The molecule has 2 heteroatoms. The molecule has 64 valence electrons. The highest BCUT2D eigenvalue weighted by molar-refractivity contribution is 4.86. The molecule has 2 heterocycles. The van der Waals surface area contributed by atoms with Crippen LogP contribution in [0.25, 0.3) is 0 Å². The van der Waals surface area contributed by atoms with Gasteiger partial charge in [-0.2, -0.15) is 0 Å². The first-order valence-electron chi connectivity index (χ1n) is 4.83. The first-order valence-corrected chi connectivity index (χ1v) is 4.83. The number of piperazine rings is 1. The van der Waals surface area contributed by atoms with Crippen LogP contribution in [0.3, 0.4) is 0 Å². The third kappa shape index (κ3) is 1.57. The second-order valence-electron chi connectivity index (χ2n) is 3.95. The molecule has 2 nitrogen and oxygen atoms in total. The van der Waals surface area contributed by atoms with Crippen molar-refractivity contribution in [2.75, 3.05) is 19.6 Å². The zero-order valence-corrected chi connectivity index (χ0v) is 7.34. The number of hydrogen-bond acceptors (Lipinski definition) is 2. The first kappa shape index (κ1) is 7.56. The fourth-order valence-corrected chi connectivity index (χ4v) is 2.29. The van der Waals surface area contributed by atoms with Crippen LogP contribution < -0.4 is 5.32 Å². The lowest BCUT2D eigenvalue weighted by Gasteiger charge is -2.42. The number of hydrogen-bond donors (Lipinski definition) is 1. The monoisotopic (exact) mass is 154 g/mol. The van der Waals surface area contributed by atoms with E-state index in [0.29, 0.717) is 6.04 Å². The van der Waals surface area contributed by atoms with Gasteiger partial charge in [0.05, 0.1) is 0 Å². The van der Waals surface area contributed by atoms with Crippen molar-refractivity contribution in [3.05, 3.63) is 0 Å². The summed E-state index contributed by atoms with van der Waals surface area (Å²) in [6.07, 6.45) is 4.28. The quantitative estimate of drug-likeness (QED) is 0.556. The summed E-state index contributed by atoms with van der Waals surface area (Å²) in [4.78, 5) is 2.66. The van der Waals surface area contributed by atoms with Crippen LogP contribution in [0.2, 0.25) is 0 Å². The largest absolute Gasteiger partial charge is 0.311 e. The minimum Gasteiger partial charge on any atom is -0.311 e. The highest BCUT2D eigenvalue weighted by Crippen LogP contribution is 2.18. The Morgan fingerprint density at radius 3 is 3.18 bits per heavy atom. The molecule has 0 spiro atoms. The molecule has 2 unspecified atom stereocenters. The van der Waals surface area contributed by atoms with E-state index in [-0.39, 0.29) is 0 Å². The molecule has 2 fully saturated rings. The minimum atomic E-state index is 0.712. The average molecular weight is 154 g/mol. The van der Waals surface area contributed by atoms with Gasteiger partial charge in [0.25, 0.3) is 0 Å². The molecule has 0 radical (unpaired) electrons. The normalized spacial score (nSPS) is 40.1. The van der Waals surface area contributed by atoms with E-state index in [9.17, 15) is 0 Å². The van der Waals surface area contributed by atoms with Crippen molar-refractivity contribution >= 4 is 0 Å². The fourth-order valence-electron chi connectivity index (χ4n) is 2.29. The fraction of sp³-hybridized carbons (Fsp3) is 1.00. The average Bonchev–Trinajstić information content (AvgIpc) is 2.04. The van der Waals surface area contributed by atoms with Gasteiger partial charge >= 0.3 is 0 Å². The van der Waals surface area contributed by atoms with Crippen LogP contribution in [-0.4, -0.2) is 36.6 Å². The van der Waals surface area contributed by atoms with Gasteiger partial charge in [-0.15, -0.1) is 0 Å². The van der Waals surface area contributed by atoms with Crippen molar-refractivity contribution in [1.82, 2.24) is 10.2 Å². The topological polar surface area (TPSA) is 15.3 Å². The molecular weight excluding hydrogens is 136 g/mol. The van der Waals surface area contributed by atoms with Crippen molar-refractivity contribution in [3.63, 3.8) is 0 Å². The molecule has 0 amide bonds. The maximum absolute atomic E-state index is 3.54. The van der Waals surface area contributed by atoms with E-state index in [0.717, 1.165) is 6.04 Å². The van der Waals surface area contributed by atoms with E-state index < -0.39 is 0 Å². The Morgan fingerprint density at radius 1 is 1.36 bits per heavy atom. The molecule has 2 atom stereocenters. The molecule has 0 aliphatic carbocycles. The van der Waals surface area contributed by atoms with Crippen LogP contribution in [0.5, 0.6) is 0 Å². The van der Waals surface area contributed by atoms with Crippen LogP contribution >= 0.6 is 0 Å². The van der Waals surface area contributed by atoms with Crippen molar-refractivity contribution < 1.29 is 0 Å². The van der Waals surface area contributed by atoms with Crippen molar-refractivity contribution in [2.45, 2.75) is 38.3 Å². The summed E-state index contributed by atoms with van der Waals surface area (Å²) in [7, 11) is 0. The zero-order chi connectivity index (χ0) is 7.68. The molecule has 0 aromatic carbocycles. The molecular formula is C9H18N2. The van der Waals surface area contributed by atoms with E-state index in [1.807, 2.05) is 0 Å². The lowest BCUT2D eigenvalue weighted by Crippen LogP contribution is -2.56. The molecule has 11 heavy (non-hydrogen) atoms. The highest BCUT2D eigenvalue weighted by Gasteiger charge is 2.27. The Hall–Kier alpha value is -0.0800. The highest BCUT2D eigenvalue weighted by atomic mass is 15.2. The van der Waals surface area contributed by atoms with Gasteiger partial charge in [-0.05, 0) is 26.3 Å². The van der Waals surface area contributed by atoms with Gasteiger partial charge in [-0.1, -0.05) is 6.42 Å². The number of nitrogens with zero attached hydrogens (tertiary/aromatic N) is 1. The summed E-state index contributed by atoms with van der Waals surface area (Å²) in [6.45, 7) is 6.12. The molecule has 2 rings (SSSR count). The van der Waals surface area contributed by atoms with Gasteiger partial charge in [0.1, 0.15) is 0 Å². The Kier molecular flexibility index (Phi) is 2.14. The summed E-state index contributed by atoms with van der Waals surface area (Å²) in [5.41, 5.74) is 0. The Balaban J connectivity index is 1.93. The van der Waals surface area contributed by atoms with Gasteiger partial charge in [0, 0.05) is 25.2 Å². The van der Waals surface area contributed by atoms with Gasteiger partial charge in [-0.25, -0.2) is 0 Å². The third-order valence-electron chi connectivity index (χ3n) is 2.96. The summed E-state index contributed by atoms with van der Waals surface area (Å²) in [6, 6.07) is 1.57. The number of rotatable bonds is 0. The van der Waals surface area contributed by atoms with E-state index in [2.05, 4.69) is 17.1 Å². The predicted octanol–water partition coefficient (Wildman–Crippen LogP) is 0.833. The van der Waals surface area contributed by atoms with Gasteiger partial charge in [0.2, 0.25) is 0 Å². The molecule has 2 aliphatic rings. The molecule has 0 bridgehead atoms. The van der Waals surface area contributed by atoms with Gasteiger partial charge in [0.15, 0.2) is 0 Å². The second kappa shape index (κ2) is 3.11. The van der Waals surface area contributed by atoms with Crippen LogP contribution in [-0.2, 0) is 0 Å². The molecule has 0 saturated carbocycles. The minimum absolute atomic E-state index is 0.712. The van der Waals surface area contributed by atoms with Crippen LogP contribution in [0.4, 0.5) is 0 Å². The Labute approximate surface area is 69.0 Å². The predicted molar refractivity (Wildman–Crippen MR) is 46.7 cm³/mol. The van der Waals surface area contributed by atoms with Gasteiger partial charge < -0.3 is 5.32 Å². The van der Waals surface area contributed by atoms with Gasteiger partial charge in [-0.3, -0.25) is 4.90 Å². The van der Waals surface area contributed by atoms with E-state index >= 15 is 0 Å². The standard InChI is InChI=1S/C9H18N2/c1-8-7-11-5-3-2-4-9(11)6-10-8/h8-10H,2-7H2,1H3. The smallest absolute Gasteiger partial charge is 0.0221 e. The molecule has 2 saturated heterocycles. The zero-order valence-electron chi connectivity index (χ0n) is 7.34. The molecule has 0 aromatic heterocycles. The van der Waals surface area contributed by atoms with Crippen LogP contribution in [0, 0.1) is 0 Å². The number of nitrogens with one attached hydrogen (secondary N) is 1. The SMILES string of the molecule is CC1CN2CCCCC2CN1. The number of fused-ring (bicyclic) bond motifs is 1. The number of piperidine rings is 1. The lowest BCUT2D eigenvalue weighted by atomic mass is 9.99. The van der Waals surface area contributed by atoms with Crippen molar-refractivity contribution in [1.29, 1.82) is 0 Å². The summed E-state index contributed by atoms with van der Waals surface area (Å²) < 4.78 is 0. The molecule has 1 N–H and O–H groups in total. The lowest BCUT2D eigenvalue weighted by molar-refractivity contribution is 0.0995. The summed E-state index contributed by atoms with van der Waals surface area (Å²) in [5.74, 6) is 0. The van der Waals surface area contributed by atoms with Crippen LogP contribution in [0.1, 0.15) is 26.2 Å². The van der Waals surface area contributed by atoms with E-state index in [4.69, 9.17) is 0 Å². The second-order valence-corrected chi connectivity index (χ2v) is 3.95. The molecule has 2 aliphatic heterocycles. The van der Waals surface area contributed by atoms with Crippen molar-refractivity contribution in [2.24, 2.45) is 0 Å². The van der Waals surface area contributed by atoms with E-state index in [1.165, 1.54) is 38.9 Å². The maximum Gasteiger partial charge on any atom is 0.0221 e. The third-order valence-corrected chi connectivity index (χ3v) is 2.96. The molecule has 0 aromatic rings. The van der Waals surface area contributed by atoms with Crippen LogP contribution in [0.15, 0.2) is 0 Å². The van der Waals surface area contributed by atoms with E-state index in [1.54, 1.807) is 0 Å². The maximum atomic E-state index is 3.54. The Morgan fingerprint density at radius 2 is 2.27 bits per heavy atom. The summed E-state index contributed by atoms with van der Waals surface area (Å²) >= 11 is 0. The Bertz CT molecular complexity index is 136. The summed E-state index contributed by atoms with van der Waals surface area (Å²) in [5, 5.41) is 3.54.